The van der Waals surface area contributed by atoms with E-state index in [2.05, 4.69) is 11.8 Å². The fourth-order valence-electron chi connectivity index (χ4n) is 3.05. The molecule has 0 aromatic carbocycles. The number of carbonyl (C=O) groups is 1. The van der Waals surface area contributed by atoms with Gasteiger partial charge in [0.1, 0.15) is 11.3 Å². The second-order valence-electron chi connectivity index (χ2n) is 5.64. The van der Waals surface area contributed by atoms with Crippen LogP contribution in [0.3, 0.4) is 0 Å². The summed E-state index contributed by atoms with van der Waals surface area (Å²) in [6.07, 6.45) is 5.07. The van der Waals surface area contributed by atoms with Crippen LogP contribution in [0.5, 0.6) is 0 Å². The van der Waals surface area contributed by atoms with Gasteiger partial charge in [-0.2, -0.15) is 0 Å². The second-order valence-corrected chi connectivity index (χ2v) is 5.64. The van der Waals surface area contributed by atoms with E-state index in [1.54, 1.807) is 19.3 Å². The molecule has 1 aliphatic heterocycles. The van der Waals surface area contributed by atoms with Crippen LogP contribution in [-0.4, -0.2) is 36.6 Å². The summed E-state index contributed by atoms with van der Waals surface area (Å²) in [5.41, 5.74) is 6.45. The molecular weight excluding hydrogens is 268 g/mol. The van der Waals surface area contributed by atoms with Gasteiger partial charge >= 0.3 is 5.97 Å². The smallest absolute Gasteiger partial charge is 0.341 e. The lowest BCUT2D eigenvalue weighted by atomic mass is 9.89. The van der Waals surface area contributed by atoms with Crippen molar-refractivity contribution >= 4 is 5.97 Å². The summed E-state index contributed by atoms with van der Waals surface area (Å²) in [6, 6.07) is 2.05. The number of carbonyl (C=O) groups excluding carboxylic acids is 1. The van der Waals surface area contributed by atoms with E-state index in [1.807, 2.05) is 0 Å². The van der Waals surface area contributed by atoms with Crippen molar-refractivity contribution in [2.75, 3.05) is 19.7 Å². The zero-order valence-corrected chi connectivity index (χ0v) is 13.0. The van der Waals surface area contributed by atoms with Crippen LogP contribution in [-0.2, 0) is 11.3 Å². The molecule has 2 unspecified atom stereocenters. The summed E-state index contributed by atoms with van der Waals surface area (Å²) in [5, 5.41) is 0. The molecule has 0 saturated carbocycles. The van der Waals surface area contributed by atoms with E-state index in [9.17, 15) is 4.79 Å². The Morgan fingerprint density at radius 3 is 3.00 bits per heavy atom. The molecule has 1 saturated heterocycles. The van der Waals surface area contributed by atoms with Crippen LogP contribution in [0, 0.1) is 5.92 Å². The van der Waals surface area contributed by atoms with Crippen LogP contribution < -0.4 is 5.73 Å². The third-order valence-corrected chi connectivity index (χ3v) is 4.38. The van der Waals surface area contributed by atoms with Crippen molar-refractivity contribution in [3.05, 3.63) is 23.7 Å². The number of likely N-dealkylation sites (tertiary alicyclic amines) is 1. The van der Waals surface area contributed by atoms with E-state index < -0.39 is 0 Å². The van der Waals surface area contributed by atoms with Crippen LogP contribution in [0.2, 0.25) is 0 Å². The maximum absolute atomic E-state index is 11.9. The average molecular weight is 294 g/mol. The number of rotatable bonds is 6. The summed E-state index contributed by atoms with van der Waals surface area (Å²) in [7, 11) is 0. The predicted octanol–water partition coefficient (Wildman–Crippen LogP) is 2.41. The quantitative estimate of drug-likeness (QED) is 0.816. The highest BCUT2D eigenvalue weighted by molar-refractivity contribution is 5.90. The van der Waals surface area contributed by atoms with E-state index in [0.29, 0.717) is 37.1 Å². The molecule has 2 N–H and O–H groups in total. The molecule has 0 spiro atoms. The molecule has 1 aliphatic rings. The van der Waals surface area contributed by atoms with Gasteiger partial charge in [-0.3, -0.25) is 4.90 Å². The fourth-order valence-corrected chi connectivity index (χ4v) is 3.05. The number of ether oxygens (including phenoxy) is 1. The first-order chi connectivity index (χ1) is 10.2. The minimum Gasteiger partial charge on any atom is -0.467 e. The van der Waals surface area contributed by atoms with E-state index in [1.165, 1.54) is 12.8 Å². The first kappa shape index (κ1) is 16.0. The van der Waals surface area contributed by atoms with Gasteiger partial charge in [-0.05, 0) is 38.3 Å². The first-order valence-corrected chi connectivity index (χ1v) is 7.87. The van der Waals surface area contributed by atoms with E-state index in [4.69, 9.17) is 14.9 Å². The van der Waals surface area contributed by atoms with Crippen molar-refractivity contribution in [1.29, 1.82) is 0 Å². The highest BCUT2D eigenvalue weighted by atomic mass is 16.5. The summed E-state index contributed by atoms with van der Waals surface area (Å²) in [4.78, 5) is 14.2. The Morgan fingerprint density at radius 1 is 1.52 bits per heavy atom. The molecule has 0 bridgehead atoms. The fraction of sp³-hybridized carbons (Fsp3) is 0.688. The Labute approximate surface area is 126 Å². The molecule has 2 heterocycles. The molecule has 21 heavy (non-hydrogen) atoms. The minimum atomic E-state index is -0.311. The number of nitrogens with zero attached hydrogens (tertiary/aromatic N) is 1. The van der Waals surface area contributed by atoms with Gasteiger partial charge in [0, 0.05) is 12.6 Å². The maximum Gasteiger partial charge on any atom is 0.341 e. The van der Waals surface area contributed by atoms with Crippen molar-refractivity contribution in [2.45, 2.75) is 45.7 Å². The number of hydrogen-bond donors (Lipinski definition) is 1. The Morgan fingerprint density at radius 2 is 2.33 bits per heavy atom. The van der Waals surface area contributed by atoms with Crippen molar-refractivity contribution in [3.8, 4) is 0 Å². The third kappa shape index (κ3) is 3.86. The van der Waals surface area contributed by atoms with Crippen LogP contribution in [0.25, 0.3) is 0 Å². The SMILES string of the molecule is CCOC(=O)c1ccoc1CN1CCC(CC)CC1CN. The molecule has 5 nitrogen and oxygen atoms in total. The number of nitrogens with two attached hydrogens (primary N) is 1. The van der Waals surface area contributed by atoms with E-state index in [0.717, 1.165) is 18.9 Å². The molecule has 118 valence electrons. The Kier molecular flexibility index (Phi) is 5.82. The highest BCUT2D eigenvalue weighted by Gasteiger charge is 2.28. The standard InChI is InChI=1S/C16H26N2O3/c1-3-12-5-7-18(13(9-12)10-17)11-15-14(6-8-21-15)16(19)20-4-2/h6,8,12-13H,3-5,7,9-11,17H2,1-2H3. The van der Waals surface area contributed by atoms with Gasteiger partial charge in [-0.25, -0.2) is 4.79 Å². The van der Waals surface area contributed by atoms with E-state index >= 15 is 0 Å². The summed E-state index contributed by atoms with van der Waals surface area (Å²) in [5.74, 6) is 1.13. The van der Waals surface area contributed by atoms with Gasteiger partial charge in [-0.1, -0.05) is 13.3 Å². The molecule has 1 fully saturated rings. The number of esters is 1. The van der Waals surface area contributed by atoms with Gasteiger partial charge in [0.05, 0.1) is 19.4 Å². The lowest BCUT2D eigenvalue weighted by Crippen LogP contribution is -2.46. The Bertz CT molecular complexity index is 458. The lowest BCUT2D eigenvalue weighted by molar-refractivity contribution is 0.0517. The molecule has 0 radical (unpaired) electrons. The van der Waals surface area contributed by atoms with Gasteiger partial charge < -0.3 is 14.9 Å². The molecule has 2 atom stereocenters. The summed E-state index contributed by atoms with van der Waals surface area (Å²) >= 11 is 0. The van der Waals surface area contributed by atoms with E-state index in [-0.39, 0.29) is 5.97 Å². The zero-order valence-electron chi connectivity index (χ0n) is 13.0. The molecule has 1 aromatic heterocycles. The lowest BCUT2D eigenvalue weighted by Gasteiger charge is -2.38. The van der Waals surface area contributed by atoms with Crippen LogP contribution in [0.1, 0.15) is 49.2 Å². The monoisotopic (exact) mass is 294 g/mol. The van der Waals surface area contributed by atoms with Crippen LogP contribution >= 0.6 is 0 Å². The van der Waals surface area contributed by atoms with Gasteiger partial charge in [0.15, 0.2) is 0 Å². The normalized spacial score (nSPS) is 23.2. The van der Waals surface area contributed by atoms with Crippen molar-refractivity contribution in [3.63, 3.8) is 0 Å². The van der Waals surface area contributed by atoms with Gasteiger partial charge in [0.2, 0.25) is 0 Å². The van der Waals surface area contributed by atoms with Crippen LogP contribution in [0.4, 0.5) is 0 Å². The number of piperidine rings is 1. The maximum atomic E-state index is 11.9. The molecule has 1 aromatic rings. The van der Waals surface area contributed by atoms with Crippen molar-refractivity contribution in [2.24, 2.45) is 11.7 Å². The highest BCUT2D eigenvalue weighted by Crippen LogP contribution is 2.27. The van der Waals surface area contributed by atoms with Crippen LogP contribution in [0.15, 0.2) is 16.7 Å². The largest absolute Gasteiger partial charge is 0.467 e. The van der Waals surface area contributed by atoms with Crippen molar-refractivity contribution in [1.82, 2.24) is 4.90 Å². The zero-order chi connectivity index (χ0) is 15.2. The molecular formula is C16H26N2O3. The second kappa shape index (κ2) is 7.61. The summed E-state index contributed by atoms with van der Waals surface area (Å²) < 4.78 is 10.6. The predicted molar refractivity (Wildman–Crippen MR) is 80.9 cm³/mol. The topological polar surface area (TPSA) is 68.7 Å². The summed E-state index contributed by atoms with van der Waals surface area (Å²) in [6.45, 7) is 6.68. The average Bonchev–Trinajstić information content (AvgIpc) is 2.96. The van der Waals surface area contributed by atoms with Crippen molar-refractivity contribution < 1.29 is 13.9 Å². The molecule has 5 heteroatoms. The first-order valence-electron chi connectivity index (χ1n) is 7.87. The molecule has 2 rings (SSSR count). The third-order valence-electron chi connectivity index (χ3n) is 4.38. The van der Waals surface area contributed by atoms with Gasteiger partial charge in [-0.15, -0.1) is 0 Å². The van der Waals surface area contributed by atoms with Gasteiger partial charge in [0.25, 0.3) is 0 Å². The number of hydrogen-bond acceptors (Lipinski definition) is 5. The Balaban J connectivity index is 2.04. The number of furan rings is 1. The molecule has 0 amide bonds. The molecule has 0 aliphatic carbocycles. The minimum absolute atomic E-state index is 0.311. The Hall–Kier alpha value is -1.33.